The Labute approximate surface area is 152 Å². The van der Waals surface area contributed by atoms with Crippen LogP contribution in [-0.4, -0.2) is 0 Å². The third kappa shape index (κ3) is 2.69. The molecule has 0 bridgehead atoms. The van der Waals surface area contributed by atoms with Crippen LogP contribution in [0.3, 0.4) is 0 Å². The zero-order chi connectivity index (χ0) is 17.3. The minimum Gasteiger partial charge on any atom is -0.0648 e. The maximum absolute atomic E-state index is 2.75. The van der Waals surface area contributed by atoms with E-state index < -0.39 is 0 Å². The molecular weight excluding hydrogens is 288 g/mol. The molecule has 0 N–H and O–H groups in total. The van der Waals surface area contributed by atoms with Crippen LogP contribution in [0.15, 0.2) is 0 Å². The van der Waals surface area contributed by atoms with E-state index in [-0.39, 0.29) is 0 Å². The first kappa shape index (κ1) is 18.8. The lowest BCUT2D eigenvalue weighted by atomic mass is 9.35. The Balaban J connectivity index is 2.10. The highest BCUT2D eigenvalue weighted by molar-refractivity contribution is 5.13. The molecular formula is C24H44. The molecule has 0 radical (unpaired) electrons. The maximum atomic E-state index is 2.75. The van der Waals surface area contributed by atoms with Crippen LogP contribution in [-0.2, 0) is 0 Å². The fraction of sp³-hybridized carbons (Fsp3) is 1.00. The Morgan fingerprint density at radius 3 is 0.958 bits per heavy atom. The smallest absolute Gasteiger partial charge is 0.0139 e. The molecule has 0 aromatic carbocycles. The summed E-state index contributed by atoms with van der Waals surface area (Å²) in [5.74, 6) is 0. The largest absolute Gasteiger partial charge is 0.0648 e. The van der Waals surface area contributed by atoms with Crippen molar-refractivity contribution in [2.24, 2.45) is 21.7 Å². The zero-order valence-corrected chi connectivity index (χ0v) is 17.3. The lowest BCUT2D eigenvalue weighted by molar-refractivity contribution is -0.202. The van der Waals surface area contributed by atoms with Crippen molar-refractivity contribution in [2.75, 3.05) is 0 Å². The first-order chi connectivity index (χ1) is 11.4. The highest BCUT2D eigenvalue weighted by atomic mass is 14.7. The third-order valence-electron chi connectivity index (χ3n) is 9.49. The minimum atomic E-state index is 0.564. The summed E-state index contributed by atoms with van der Waals surface area (Å²) in [5, 5.41) is 0. The van der Waals surface area contributed by atoms with Crippen molar-refractivity contribution in [2.45, 2.75) is 130 Å². The normalized spacial score (nSPS) is 30.0. The van der Waals surface area contributed by atoms with E-state index in [1.165, 1.54) is 103 Å². The Morgan fingerprint density at radius 1 is 0.500 bits per heavy atom. The SMILES string of the molecule is CCC(C1(C)CCCCC1)(C1(C)CCCCC1)C1(C)CCCCC1. The van der Waals surface area contributed by atoms with Gasteiger partial charge in [-0.1, -0.05) is 85.5 Å². The van der Waals surface area contributed by atoms with Gasteiger partial charge < -0.3 is 0 Å². The summed E-state index contributed by atoms with van der Waals surface area (Å²) in [6.07, 6.45) is 23.9. The summed E-state index contributed by atoms with van der Waals surface area (Å²) in [6, 6.07) is 0. The summed E-state index contributed by atoms with van der Waals surface area (Å²) in [7, 11) is 0. The van der Waals surface area contributed by atoms with Crippen molar-refractivity contribution in [1.82, 2.24) is 0 Å². The maximum Gasteiger partial charge on any atom is -0.0139 e. The second-order valence-corrected chi connectivity index (χ2v) is 10.6. The van der Waals surface area contributed by atoms with E-state index in [0.29, 0.717) is 21.7 Å². The molecule has 0 aromatic heterocycles. The summed E-state index contributed by atoms with van der Waals surface area (Å²) in [4.78, 5) is 0. The molecule has 24 heavy (non-hydrogen) atoms. The van der Waals surface area contributed by atoms with E-state index in [4.69, 9.17) is 0 Å². The van der Waals surface area contributed by atoms with Crippen molar-refractivity contribution in [3.63, 3.8) is 0 Å². The monoisotopic (exact) mass is 332 g/mol. The minimum absolute atomic E-state index is 0.564. The molecule has 0 amide bonds. The highest BCUT2D eigenvalue weighted by Crippen LogP contribution is 2.73. The molecule has 0 aliphatic heterocycles. The van der Waals surface area contributed by atoms with E-state index in [0.717, 1.165) is 0 Å². The van der Waals surface area contributed by atoms with Gasteiger partial charge in [0.25, 0.3) is 0 Å². The van der Waals surface area contributed by atoms with Gasteiger partial charge in [-0.15, -0.1) is 0 Å². The molecule has 0 nitrogen and oxygen atoms in total. The molecule has 3 aliphatic carbocycles. The molecule has 3 aliphatic rings. The standard InChI is InChI=1S/C24H44/c1-5-24(21(2)15-9-6-10-16-21,22(3)17-11-7-12-18-22)23(4)19-13-8-14-20-23/h5-20H2,1-4H3. The van der Waals surface area contributed by atoms with Crippen LogP contribution in [0, 0.1) is 21.7 Å². The molecule has 0 heteroatoms. The predicted octanol–water partition coefficient (Wildman–Crippen LogP) is 8.29. The third-order valence-corrected chi connectivity index (χ3v) is 9.49. The lowest BCUT2D eigenvalue weighted by Gasteiger charge is -2.69. The highest BCUT2D eigenvalue weighted by Gasteiger charge is 2.64. The van der Waals surface area contributed by atoms with Crippen molar-refractivity contribution in [3.8, 4) is 0 Å². The van der Waals surface area contributed by atoms with Gasteiger partial charge in [-0.3, -0.25) is 0 Å². The topological polar surface area (TPSA) is 0 Å². The van der Waals surface area contributed by atoms with Crippen molar-refractivity contribution < 1.29 is 0 Å². The molecule has 0 unspecified atom stereocenters. The van der Waals surface area contributed by atoms with Crippen LogP contribution in [0.5, 0.6) is 0 Å². The van der Waals surface area contributed by atoms with E-state index >= 15 is 0 Å². The summed E-state index contributed by atoms with van der Waals surface area (Å²) in [5.41, 5.74) is 2.31. The summed E-state index contributed by atoms with van der Waals surface area (Å²) >= 11 is 0. The van der Waals surface area contributed by atoms with Gasteiger partial charge in [0.15, 0.2) is 0 Å². The number of hydrogen-bond donors (Lipinski definition) is 0. The fourth-order valence-corrected chi connectivity index (χ4v) is 8.74. The van der Waals surface area contributed by atoms with Gasteiger partial charge in [0.05, 0.1) is 0 Å². The Bertz CT molecular complexity index is 340. The first-order valence-electron chi connectivity index (χ1n) is 11.4. The van der Waals surface area contributed by atoms with Gasteiger partial charge in [0.1, 0.15) is 0 Å². The van der Waals surface area contributed by atoms with Crippen molar-refractivity contribution in [1.29, 1.82) is 0 Å². The van der Waals surface area contributed by atoms with Gasteiger partial charge in [0.2, 0.25) is 0 Å². The fourth-order valence-electron chi connectivity index (χ4n) is 8.74. The predicted molar refractivity (Wildman–Crippen MR) is 106 cm³/mol. The quantitative estimate of drug-likeness (QED) is 0.485. The summed E-state index contributed by atoms with van der Waals surface area (Å²) < 4.78 is 0. The molecule has 0 aromatic rings. The Kier molecular flexibility index (Phi) is 5.44. The molecule has 0 atom stereocenters. The molecule has 3 rings (SSSR count). The van der Waals surface area contributed by atoms with Crippen LogP contribution in [0.4, 0.5) is 0 Å². The number of hydrogen-bond acceptors (Lipinski definition) is 0. The molecule has 0 heterocycles. The van der Waals surface area contributed by atoms with E-state index in [1.807, 2.05) is 0 Å². The average Bonchev–Trinajstić information content (AvgIpc) is 2.57. The van der Waals surface area contributed by atoms with Crippen LogP contribution in [0.2, 0.25) is 0 Å². The van der Waals surface area contributed by atoms with Crippen molar-refractivity contribution in [3.05, 3.63) is 0 Å². The summed E-state index contributed by atoms with van der Waals surface area (Å²) in [6.45, 7) is 10.8. The average molecular weight is 333 g/mol. The van der Waals surface area contributed by atoms with Gasteiger partial charge in [-0.2, -0.15) is 0 Å². The molecule has 3 fully saturated rings. The van der Waals surface area contributed by atoms with Crippen LogP contribution >= 0.6 is 0 Å². The van der Waals surface area contributed by atoms with Crippen molar-refractivity contribution >= 4 is 0 Å². The molecule has 0 spiro atoms. The lowest BCUT2D eigenvalue weighted by Crippen LogP contribution is -2.61. The van der Waals surface area contributed by atoms with Gasteiger partial charge in [-0.25, -0.2) is 0 Å². The van der Waals surface area contributed by atoms with Crippen LogP contribution in [0.1, 0.15) is 130 Å². The van der Waals surface area contributed by atoms with E-state index in [9.17, 15) is 0 Å². The number of rotatable bonds is 4. The van der Waals surface area contributed by atoms with Gasteiger partial charge >= 0.3 is 0 Å². The zero-order valence-electron chi connectivity index (χ0n) is 17.3. The molecule has 0 saturated heterocycles. The van der Waals surface area contributed by atoms with E-state index in [1.54, 1.807) is 0 Å². The second-order valence-electron chi connectivity index (χ2n) is 10.6. The molecule has 140 valence electrons. The molecule has 3 saturated carbocycles. The van der Waals surface area contributed by atoms with E-state index in [2.05, 4.69) is 27.7 Å². The van der Waals surface area contributed by atoms with Gasteiger partial charge in [0, 0.05) is 0 Å². The first-order valence-corrected chi connectivity index (χ1v) is 11.4. The Hall–Kier alpha value is 0. The second kappa shape index (κ2) is 6.96. The Morgan fingerprint density at radius 2 is 0.750 bits per heavy atom. The van der Waals surface area contributed by atoms with Crippen LogP contribution < -0.4 is 0 Å². The van der Waals surface area contributed by atoms with Crippen LogP contribution in [0.25, 0.3) is 0 Å². The van der Waals surface area contributed by atoms with Gasteiger partial charge in [-0.05, 0) is 66.6 Å².